The minimum atomic E-state index is -0.974. The molecule has 22 heavy (non-hydrogen) atoms. The van der Waals surface area contributed by atoms with E-state index in [0.717, 1.165) is 24.8 Å². The van der Waals surface area contributed by atoms with Crippen LogP contribution in [0.4, 0.5) is 0 Å². The first kappa shape index (κ1) is 16.0. The molecule has 0 saturated heterocycles. The predicted octanol–water partition coefficient (Wildman–Crippen LogP) is 4.15. The maximum absolute atomic E-state index is 11.6. The highest BCUT2D eigenvalue weighted by atomic mass is 16.3. The van der Waals surface area contributed by atoms with Gasteiger partial charge in [-0.25, -0.2) is 0 Å². The summed E-state index contributed by atoms with van der Waals surface area (Å²) >= 11 is 0. The number of aliphatic hydroxyl groups excluding tert-OH is 1. The monoisotopic (exact) mass is 302 g/mol. The molecule has 3 aliphatic rings. The first-order valence-electron chi connectivity index (χ1n) is 8.64. The van der Waals surface area contributed by atoms with E-state index in [1.165, 1.54) is 11.1 Å². The van der Waals surface area contributed by atoms with E-state index >= 15 is 0 Å². The van der Waals surface area contributed by atoms with Crippen LogP contribution in [0.1, 0.15) is 59.8 Å². The Hall–Kier alpha value is -0.860. The molecule has 0 aromatic rings. The van der Waals surface area contributed by atoms with Crippen LogP contribution in [0.3, 0.4) is 0 Å². The van der Waals surface area contributed by atoms with Gasteiger partial charge in [-0.3, -0.25) is 0 Å². The quantitative estimate of drug-likeness (QED) is 0.714. The number of hydrogen-bond acceptors (Lipinski definition) is 2. The van der Waals surface area contributed by atoms with Crippen LogP contribution < -0.4 is 0 Å². The van der Waals surface area contributed by atoms with E-state index in [9.17, 15) is 10.2 Å². The number of allylic oxidation sites excluding steroid dienone is 4. The molecule has 2 nitrogen and oxygen atoms in total. The second-order valence-electron chi connectivity index (χ2n) is 8.51. The van der Waals surface area contributed by atoms with Gasteiger partial charge in [0, 0.05) is 5.41 Å². The molecule has 1 saturated carbocycles. The zero-order valence-electron chi connectivity index (χ0n) is 14.4. The molecule has 0 bridgehead atoms. The molecule has 4 atom stereocenters. The van der Waals surface area contributed by atoms with Gasteiger partial charge in [-0.1, -0.05) is 46.4 Å². The molecule has 0 aromatic carbocycles. The average Bonchev–Trinajstić information content (AvgIpc) is 2.72. The van der Waals surface area contributed by atoms with E-state index in [2.05, 4.69) is 39.5 Å². The fourth-order valence-electron chi connectivity index (χ4n) is 5.01. The van der Waals surface area contributed by atoms with Crippen molar-refractivity contribution in [3.05, 3.63) is 35.5 Å². The molecule has 0 spiro atoms. The van der Waals surface area contributed by atoms with Gasteiger partial charge in [0.25, 0.3) is 0 Å². The third kappa shape index (κ3) is 1.93. The summed E-state index contributed by atoms with van der Waals surface area (Å²) in [6.07, 6.45) is 8.00. The van der Waals surface area contributed by atoms with Crippen LogP contribution in [0.25, 0.3) is 0 Å². The summed E-state index contributed by atoms with van der Waals surface area (Å²) in [5.74, 6) is 0.503. The standard InChI is InChI=1S/C20H30O2/c1-13(2)15-8-10-18(4)12-20(22)14(3)6-7-17(21)19(20,5)11-9-16(15)18/h8-9,13,17,21-22H,3,6-7,10-12H2,1-2,4-5H3/t17-,18-,19-,20+/m1/s1. The summed E-state index contributed by atoms with van der Waals surface area (Å²) in [4.78, 5) is 0. The number of aliphatic hydroxyl groups is 2. The normalized spacial score (nSPS) is 45.0. The summed E-state index contributed by atoms with van der Waals surface area (Å²) in [5.41, 5.74) is 2.20. The third-order valence-corrected chi connectivity index (χ3v) is 6.72. The molecule has 0 radical (unpaired) electrons. The second-order valence-corrected chi connectivity index (χ2v) is 8.51. The minimum absolute atomic E-state index is 0.0356. The van der Waals surface area contributed by atoms with Crippen LogP contribution in [0.5, 0.6) is 0 Å². The van der Waals surface area contributed by atoms with Crippen LogP contribution in [0.2, 0.25) is 0 Å². The Morgan fingerprint density at radius 1 is 1.23 bits per heavy atom. The van der Waals surface area contributed by atoms with Gasteiger partial charge in [-0.05, 0) is 60.2 Å². The molecule has 3 aliphatic carbocycles. The second kappa shape index (κ2) is 4.82. The first-order valence-corrected chi connectivity index (χ1v) is 8.64. The van der Waals surface area contributed by atoms with Crippen molar-refractivity contribution in [2.24, 2.45) is 16.7 Å². The zero-order chi connectivity index (χ0) is 16.3. The van der Waals surface area contributed by atoms with Crippen LogP contribution in [-0.2, 0) is 0 Å². The van der Waals surface area contributed by atoms with E-state index in [1.807, 2.05) is 6.92 Å². The summed E-state index contributed by atoms with van der Waals surface area (Å²) in [5, 5.41) is 22.2. The summed E-state index contributed by atoms with van der Waals surface area (Å²) in [7, 11) is 0. The lowest BCUT2D eigenvalue weighted by Crippen LogP contribution is -2.58. The smallest absolute Gasteiger partial charge is 0.0943 e. The number of rotatable bonds is 1. The molecule has 0 amide bonds. The molecule has 1 fully saturated rings. The molecule has 0 aromatic heterocycles. The van der Waals surface area contributed by atoms with Crippen molar-refractivity contribution in [1.29, 1.82) is 0 Å². The molecular formula is C20H30O2. The van der Waals surface area contributed by atoms with Crippen molar-refractivity contribution in [2.75, 3.05) is 0 Å². The van der Waals surface area contributed by atoms with Crippen molar-refractivity contribution < 1.29 is 10.2 Å². The van der Waals surface area contributed by atoms with Gasteiger partial charge in [0.05, 0.1) is 11.7 Å². The maximum Gasteiger partial charge on any atom is 0.0943 e. The Balaban J connectivity index is 2.09. The lowest BCUT2D eigenvalue weighted by Gasteiger charge is -2.53. The highest BCUT2D eigenvalue weighted by Crippen LogP contribution is 2.60. The van der Waals surface area contributed by atoms with Gasteiger partial charge >= 0.3 is 0 Å². The molecule has 3 rings (SSSR count). The van der Waals surface area contributed by atoms with E-state index in [4.69, 9.17) is 0 Å². The minimum Gasteiger partial charge on any atom is -0.392 e. The highest BCUT2D eigenvalue weighted by molar-refractivity contribution is 5.46. The number of fused-ring (bicyclic) bond motifs is 2. The van der Waals surface area contributed by atoms with E-state index in [-0.39, 0.29) is 5.41 Å². The Morgan fingerprint density at radius 2 is 1.91 bits per heavy atom. The molecule has 2 heteroatoms. The van der Waals surface area contributed by atoms with Gasteiger partial charge in [0.15, 0.2) is 0 Å². The lowest BCUT2D eigenvalue weighted by molar-refractivity contribution is -0.142. The molecule has 0 heterocycles. The van der Waals surface area contributed by atoms with E-state index < -0.39 is 17.1 Å². The average molecular weight is 302 g/mol. The van der Waals surface area contributed by atoms with Gasteiger partial charge in [-0.15, -0.1) is 0 Å². The zero-order valence-corrected chi connectivity index (χ0v) is 14.4. The molecule has 2 N–H and O–H groups in total. The Bertz CT molecular complexity index is 570. The van der Waals surface area contributed by atoms with Crippen LogP contribution in [0, 0.1) is 16.7 Å². The van der Waals surface area contributed by atoms with Crippen LogP contribution >= 0.6 is 0 Å². The van der Waals surface area contributed by atoms with Gasteiger partial charge in [-0.2, -0.15) is 0 Å². The van der Waals surface area contributed by atoms with Crippen LogP contribution in [0.15, 0.2) is 35.5 Å². The lowest BCUT2D eigenvalue weighted by atomic mass is 9.56. The molecule has 0 unspecified atom stereocenters. The van der Waals surface area contributed by atoms with Gasteiger partial charge < -0.3 is 10.2 Å². The predicted molar refractivity (Wildman–Crippen MR) is 90.4 cm³/mol. The van der Waals surface area contributed by atoms with Crippen molar-refractivity contribution in [2.45, 2.75) is 71.5 Å². The molecular weight excluding hydrogens is 272 g/mol. The molecule has 0 aliphatic heterocycles. The molecule has 122 valence electrons. The summed E-state index contributed by atoms with van der Waals surface area (Å²) < 4.78 is 0. The first-order chi connectivity index (χ1) is 10.1. The SMILES string of the molecule is C=C1CC[C@@H](O)[C@@]2(C)CC=C3C(C(C)C)=CC[C@]3(C)C[C@]12O. The highest BCUT2D eigenvalue weighted by Gasteiger charge is 2.59. The topological polar surface area (TPSA) is 40.5 Å². The van der Waals surface area contributed by atoms with E-state index in [1.54, 1.807) is 0 Å². The summed E-state index contributed by atoms with van der Waals surface area (Å²) in [6.45, 7) is 13.0. The van der Waals surface area contributed by atoms with Crippen molar-refractivity contribution >= 4 is 0 Å². The largest absolute Gasteiger partial charge is 0.392 e. The fraction of sp³-hybridized carbons (Fsp3) is 0.700. The maximum atomic E-state index is 11.6. The van der Waals surface area contributed by atoms with Gasteiger partial charge in [0.2, 0.25) is 0 Å². The van der Waals surface area contributed by atoms with Crippen LogP contribution in [-0.4, -0.2) is 21.9 Å². The van der Waals surface area contributed by atoms with Crippen molar-refractivity contribution in [1.82, 2.24) is 0 Å². The van der Waals surface area contributed by atoms with E-state index in [0.29, 0.717) is 18.8 Å². The Labute approximate surface area is 134 Å². The third-order valence-electron chi connectivity index (χ3n) is 6.72. The summed E-state index contributed by atoms with van der Waals surface area (Å²) in [6, 6.07) is 0. The Morgan fingerprint density at radius 3 is 2.55 bits per heavy atom. The number of hydrogen-bond donors (Lipinski definition) is 2. The fourth-order valence-corrected chi connectivity index (χ4v) is 5.01. The van der Waals surface area contributed by atoms with Crippen molar-refractivity contribution in [3.63, 3.8) is 0 Å². The Kier molecular flexibility index (Phi) is 3.51. The van der Waals surface area contributed by atoms with Crippen molar-refractivity contribution in [3.8, 4) is 0 Å². The van der Waals surface area contributed by atoms with Gasteiger partial charge in [0.1, 0.15) is 0 Å².